The molecule has 2 fully saturated rings. The first-order chi connectivity index (χ1) is 17.6. The van der Waals surface area contributed by atoms with Crippen molar-refractivity contribution in [2.24, 2.45) is 5.92 Å². The number of hydrogen-bond donors (Lipinski definition) is 1. The summed E-state index contributed by atoms with van der Waals surface area (Å²) in [7, 11) is 0. The number of pyridine rings is 2. The number of carbonyl (C=O) groups excluding carboxylic acids is 2. The molecule has 184 valence electrons. The molecule has 6 rings (SSSR count). The first-order valence-corrected chi connectivity index (χ1v) is 12.7. The summed E-state index contributed by atoms with van der Waals surface area (Å²) in [6, 6.07) is 14.5. The summed E-state index contributed by atoms with van der Waals surface area (Å²) in [6.07, 6.45) is 6.28. The van der Waals surface area contributed by atoms with Gasteiger partial charge in [0.1, 0.15) is 0 Å². The fourth-order valence-corrected chi connectivity index (χ4v) is 5.94. The number of nitrogens with one attached hydrogen (secondary N) is 1. The Morgan fingerprint density at radius 1 is 0.917 bits per heavy atom. The van der Waals surface area contributed by atoms with Gasteiger partial charge in [0.15, 0.2) is 0 Å². The highest BCUT2D eigenvalue weighted by Crippen LogP contribution is 2.39. The molecule has 2 atom stereocenters. The molecule has 2 bridgehead atoms. The quantitative estimate of drug-likeness (QED) is 0.615. The van der Waals surface area contributed by atoms with Crippen molar-refractivity contribution >= 4 is 23.2 Å². The number of rotatable bonds is 4. The van der Waals surface area contributed by atoms with Gasteiger partial charge in [-0.05, 0) is 61.6 Å². The molecular formula is C28H29N5O3. The summed E-state index contributed by atoms with van der Waals surface area (Å²) < 4.78 is 1.92. The molecule has 2 amide bonds. The zero-order valence-corrected chi connectivity index (χ0v) is 20.1. The van der Waals surface area contributed by atoms with Gasteiger partial charge < -0.3 is 19.7 Å². The summed E-state index contributed by atoms with van der Waals surface area (Å²) in [5.74, 6) is 0.341. The maximum absolute atomic E-state index is 13.1. The number of aromatic nitrogens is 2. The minimum absolute atomic E-state index is 0.00211. The molecule has 3 aliphatic rings. The van der Waals surface area contributed by atoms with Gasteiger partial charge in [-0.1, -0.05) is 6.07 Å². The molecule has 0 saturated carbocycles. The number of likely N-dealkylation sites (tertiary alicyclic amines) is 1. The predicted molar refractivity (Wildman–Crippen MR) is 138 cm³/mol. The zero-order valence-electron chi connectivity index (χ0n) is 20.1. The lowest BCUT2D eigenvalue weighted by Crippen LogP contribution is -2.47. The molecule has 2 saturated heterocycles. The van der Waals surface area contributed by atoms with Gasteiger partial charge in [-0.15, -0.1) is 0 Å². The van der Waals surface area contributed by atoms with Crippen LogP contribution in [0.4, 0.5) is 11.4 Å². The summed E-state index contributed by atoms with van der Waals surface area (Å²) in [5, 5.41) is 3.07. The Kier molecular flexibility index (Phi) is 5.79. The molecule has 1 aromatic carbocycles. The molecule has 8 heteroatoms. The Morgan fingerprint density at radius 2 is 1.72 bits per heavy atom. The van der Waals surface area contributed by atoms with Crippen molar-refractivity contribution in [3.63, 3.8) is 0 Å². The number of piperidine rings is 1. The standard InChI is InChI=1S/C28H29N5O3/c34-26-5-3-4-24-22-14-19(17-33(24)26)16-32(18-22)25-7-6-21(28(36)31-12-1-2-13-31)15-23(25)30-27(35)20-8-10-29-11-9-20/h3-11,15,19,22H,1-2,12-14,16-18H2,(H,30,35). The van der Waals surface area contributed by atoms with E-state index in [9.17, 15) is 14.4 Å². The molecule has 3 aliphatic heterocycles. The molecule has 2 unspecified atom stereocenters. The fraction of sp³-hybridized carbons (Fsp3) is 0.357. The molecule has 0 radical (unpaired) electrons. The van der Waals surface area contributed by atoms with Crippen LogP contribution in [0.25, 0.3) is 0 Å². The Morgan fingerprint density at radius 3 is 2.53 bits per heavy atom. The molecule has 0 aliphatic carbocycles. The number of anilines is 2. The van der Waals surface area contributed by atoms with Crippen molar-refractivity contribution in [3.05, 3.63) is 88.1 Å². The van der Waals surface area contributed by atoms with Crippen LogP contribution in [0, 0.1) is 5.92 Å². The van der Waals surface area contributed by atoms with Gasteiger partial charge in [0.05, 0.1) is 11.4 Å². The monoisotopic (exact) mass is 483 g/mol. The molecule has 0 spiro atoms. The van der Waals surface area contributed by atoms with E-state index in [-0.39, 0.29) is 23.3 Å². The van der Waals surface area contributed by atoms with E-state index in [2.05, 4.69) is 21.3 Å². The summed E-state index contributed by atoms with van der Waals surface area (Å²) >= 11 is 0. The van der Waals surface area contributed by atoms with Gasteiger partial charge in [0.25, 0.3) is 17.4 Å². The van der Waals surface area contributed by atoms with E-state index in [1.807, 2.05) is 33.7 Å². The molecule has 5 heterocycles. The number of hydrogen-bond acceptors (Lipinski definition) is 5. The second-order valence-electron chi connectivity index (χ2n) is 10.0. The van der Waals surface area contributed by atoms with E-state index in [0.29, 0.717) is 29.3 Å². The first kappa shape index (κ1) is 22.5. The van der Waals surface area contributed by atoms with Crippen LogP contribution in [-0.4, -0.2) is 52.4 Å². The lowest BCUT2D eigenvalue weighted by Gasteiger charge is -2.44. The molecular weight excluding hydrogens is 454 g/mol. The fourth-order valence-electron chi connectivity index (χ4n) is 5.94. The second-order valence-corrected chi connectivity index (χ2v) is 10.0. The lowest BCUT2D eigenvalue weighted by molar-refractivity contribution is 0.0792. The summed E-state index contributed by atoms with van der Waals surface area (Å²) in [6.45, 7) is 3.78. The van der Waals surface area contributed by atoms with Crippen molar-refractivity contribution < 1.29 is 9.59 Å². The minimum Gasteiger partial charge on any atom is -0.369 e. The Balaban J connectivity index is 1.34. The Hall–Kier alpha value is -3.94. The van der Waals surface area contributed by atoms with Crippen molar-refractivity contribution in [3.8, 4) is 0 Å². The average molecular weight is 484 g/mol. The van der Waals surface area contributed by atoms with Gasteiger partial charge in [-0.2, -0.15) is 0 Å². The minimum atomic E-state index is -0.237. The molecule has 3 aromatic rings. The van der Waals surface area contributed by atoms with E-state index in [1.165, 1.54) is 0 Å². The van der Waals surface area contributed by atoms with Crippen LogP contribution in [0.5, 0.6) is 0 Å². The van der Waals surface area contributed by atoms with Crippen LogP contribution in [0.3, 0.4) is 0 Å². The molecule has 36 heavy (non-hydrogen) atoms. The first-order valence-electron chi connectivity index (χ1n) is 12.7. The Bertz CT molecular complexity index is 1360. The van der Waals surface area contributed by atoms with Crippen molar-refractivity contribution in [1.82, 2.24) is 14.5 Å². The molecule has 1 N–H and O–H groups in total. The summed E-state index contributed by atoms with van der Waals surface area (Å²) in [4.78, 5) is 46.8. The van der Waals surface area contributed by atoms with E-state index < -0.39 is 0 Å². The van der Waals surface area contributed by atoms with Crippen molar-refractivity contribution in [2.45, 2.75) is 31.7 Å². The smallest absolute Gasteiger partial charge is 0.255 e. The second kappa shape index (κ2) is 9.26. The Labute approximate surface area is 209 Å². The van der Waals surface area contributed by atoms with Gasteiger partial charge in [-0.3, -0.25) is 19.4 Å². The largest absolute Gasteiger partial charge is 0.369 e. The predicted octanol–water partition coefficient (Wildman–Crippen LogP) is 3.36. The van der Waals surface area contributed by atoms with Crippen LogP contribution in [0.2, 0.25) is 0 Å². The number of carbonyl (C=O) groups is 2. The van der Waals surface area contributed by atoms with E-state index in [0.717, 1.165) is 56.8 Å². The third kappa shape index (κ3) is 4.17. The highest BCUT2D eigenvalue weighted by atomic mass is 16.2. The van der Waals surface area contributed by atoms with Gasteiger partial charge in [0, 0.05) is 73.9 Å². The van der Waals surface area contributed by atoms with E-state index in [4.69, 9.17) is 0 Å². The van der Waals surface area contributed by atoms with Crippen LogP contribution in [0.1, 0.15) is 51.6 Å². The van der Waals surface area contributed by atoms with Crippen LogP contribution in [-0.2, 0) is 6.54 Å². The highest BCUT2D eigenvalue weighted by Gasteiger charge is 2.35. The number of benzene rings is 1. The highest BCUT2D eigenvalue weighted by molar-refractivity contribution is 6.07. The van der Waals surface area contributed by atoms with Gasteiger partial charge >= 0.3 is 0 Å². The van der Waals surface area contributed by atoms with E-state index >= 15 is 0 Å². The number of nitrogens with zero attached hydrogens (tertiary/aromatic N) is 4. The van der Waals surface area contributed by atoms with Crippen LogP contribution < -0.4 is 15.8 Å². The zero-order chi connectivity index (χ0) is 24.6. The topological polar surface area (TPSA) is 87.5 Å². The summed E-state index contributed by atoms with van der Waals surface area (Å²) in [5.41, 5.74) is 3.76. The van der Waals surface area contributed by atoms with Crippen LogP contribution in [0.15, 0.2) is 65.7 Å². The molecule has 8 nitrogen and oxygen atoms in total. The van der Waals surface area contributed by atoms with E-state index in [1.54, 1.807) is 30.6 Å². The maximum Gasteiger partial charge on any atom is 0.255 e. The van der Waals surface area contributed by atoms with Crippen molar-refractivity contribution in [1.29, 1.82) is 0 Å². The lowest BCUT2D eigenvalue weighted by atomic mass is 9.83. The third-order valence-electron chi connectivity index (χ3n) is 7.65. The normalized spacial score (nSPS) is 20.7. The van der Waals surface area contributed by atoms with Crippen molar-refractivity contribution in [2.75, 3.05) is 36.4 Å². The van der Waals surface area contributed by atoms with Gasteiger partial charge in [0.2, 0.25) is 0 Å². The average Bonchev–Trinajstić information content (AvgIpc) is 3.44. The number of fused-ring (bicyclic) bond motifs is 4. The third-order valence-corrected chi connectivity index (χ3v) is 7.65. The molecule has 2 aromatic heterocycles. The van der Waals surface area contributed by atoms with Crippen LogP contribution >= 0.6 is 0 Å². The maximum atomic E-state index is 13.1. The number of amides is 2. The SMILES string of the molecule is O=C(Nc1cc(C(=O)N2CCCC2)ccc1N1CC2CC(C1)c1cccc(=O)n1C2)c1ccncc1. The van der Waals surface area contributed by atoms with Gasteiger partial charge in [-0.25, -0.2) is 0 Å².